The summed E-state index contributed by atoms with van der Waals surface area (Å²) in [6.45, 7) is 1.68. The van der Waals surface area contributed by atoms with Gasteiger partial charge in [-0.3, -0.25) is 4.79 Å². The standard InChI is InChI=1S/C90H163NO18/c1-3-5-7-9-11-13-15-17-19-21-23-25-27-29-30-31-32-33-34-35-36-37-38-39-40-41-42-44-46-48-50-52-54-56-58-60-62-64-66-68-78(96)91-73(74(95)67-65-63-61-59-57-55-53-51-49-47-45-43-28-26-24-22-20-18-16-14-12-10-8-6-4-2)72-104-88-84(102)81(99)86(76(70-93)106-88)109-90-85(103)82(100)87(77(71-94)107-90)108-89-83(101)80(98)79(97)75(69-92)105-89/h5,7,11,13,17,19,23,25,29-30,65,67,73-77,79-90,92-95,97-103H,3-4,6,8-10,12,14-16,18,20-22,24,26-28,31-64,66,68-72H2,1-2H3,(H,91,96)/b7-5-,13-11-,19-17-,25-23-,30-29-,67-65+. The number of ether oxygens (including phenoxy) is 6. The SMILES string of the molecule is CC/C=C\C/C=C\C/C=C\C/C=C\C/C=C\CCCCCCCCCCCCCCCCCCCCCCCCCC(=O)NC(COC1OC(CO)C(OC2OC(CO)C(OC3OC(CO)C(O)C(O)C3O)C(O)C2O)C(O)C1O)C(O)/C=C/CCCCCCCCCCCCCCCCCCCCCCCCC. The summed E-state index contributed by atoms with van der Waals surface area (Å²) in [7, 11) is 0. The molecule has 3 saturated heterocycles. The summed E-state index contributed by atoms with van der Waals surface area (Å²) in [5.41, 5.74) is 0. The second kappa shape index (κ2) is 69.5. The lowest BCUT2D eigenvalue weighted by atomic mass is 9.96. The van der Waals surface area contributed by atoms with Crippen LogP contribution in [0.1, 0.15) is 361 Å². The van der Waals surface area contributed by atoms with Crippen LogP contribution in [0.5, 0.6) is 0 Å². The van der Waals surface area contributed by atoms with Gasteiger partial charge in [-0.1, -0.05) is 363 Å². The highest BCUT2D eigenvalue weighted by atomic mass is 16.8. The minimum absolute atomic E-state index is 0.246. The zero-order chi connectivity index (χ0) is 78.8. The number of hydrogen-bond donors (Lipinski definition) is 12. The van der Waals surface area contributed by atoms with Crippen LogP contribution in [0.2, 0.25) is 0 Å². The monoisotopic (exact) mass is 1550 g/mol. The highest BCUT2D eigenvalue weighted by Crippen LogP contribution is 2.34. The molecule has 3 fully saturated rings. The van der Waals surface area contributed by atoms with Crippen molar-refractivity contribution in [3.05, 3.63) is 72.9 Å². The molecule has 0 aromatic heterocycles. The molecule has 0 bridgehead atoms. The Balaban J connectivity index is 1.31. The number of aliphatic hydroxyl groups excluding tert-OH is 11. The molecule has 17 atom stereocenters. The molecule has 17 unspecified atom stereocenters. The number of carbonyl (C=O) groups excluding carboxylic acids is 1. The molecule has 109 heavy (non-hydrogen) atoms. The number of nitrogens with one attached hydrogen (secondary N) is 1. The molecule has 0 aromatic rings. The molecule has 12 N–H and O–H groups in total. The minimum Gasteiger partial charge on any atom is -0.394 e. The van der Waals surface area contributed by atoms with Gasteiger partial charge < -0.3 is 89.9 Å². The van der Waals surface area contributed by atoms with Crippen LogP contribution in [-0.4, -0.2) is 193 Å². The van der Waals surface area contributed by atoms with Gasteiger partial charge in [-0.05, 0) is 64.2 Å². The van der Waals surface area contributed by atoms with Gasteiger partial charge >= 0.3 is 0 Å². The highest BCUT2D eigenvalue weighted by molar-refractivity contribution is 5.76. The fourth-order valence-corrected chi connectivity index (χ4v) is 14.9. The fourth-order valence-electron chi connectivity index (χ4n) is 14.9. The zero-order valence-electron chi connectivity index (χ0n) is 68.5. The van der Waals surface area contributed by atoms with Crippen molar-refractivity contribution in [3.63, 3.8) is 0 Å². The Morgan fingerprint density at radius 3 is 0.991 bits per heavy atom. The normalized spacial score (nSPS) is 25.6. The van der Waals surface area contributed by atoms with Crippen molar-refractivity contribution in [1.82, 2.24) is 5.32 Å². The Hall–Kier alpha value is -2.77. The lowest BCUT2D eigenvalue weighted by molar-refractivity contribution is -0.379. The maximum atomic E-state index is 13.5. The third-order valence-corrected chi connectivity index (χ3v) is 22.0. The van der Waals surface area contributed by atoms with Crippen molar-refractivity contribution >= 4 is 5.91 Å². The lowest BCUT2D eigenvalue weighted by Crippen LogP contribution is -2.66. The van der Waals surface area contributed by atoms with Crippen LogP contribution < -0.4 is 5.32 Å². The minimum atomic E-state index is -1.98. The molecule has 3 rings (SSSR count). The van der Waals surface area contributed by atoms with Crippen LogP contribution in [0.25, 0.3) is 0 Å². The number of carbonyl (C=O) groups is 1. The van der Waals surface area contributed by atoms with Gasteiger partial charge in [0.2, 0.25) is 5.91 Å². The van der Waals surface area contributed by atoms with Crippen molar-refractivity contribution in [2.75, 3.05) is 26.4 Å². The number of unbranched alkanes of at least 4 members (excludes halogenated alkanes) is 46. The van der Waals surface area contributed by atoms with Crippen molar-refractivity contribution in [2.24, 2.45) is 0 Å². The molecule has 636 valence electrons. The molecule has 0 aromatic carbocycles. The summed E-state index contributed by atoms with van der Waals surface area (Å²) < 4.78 is 34.5. The fraction of sp³-hybridized carbons (Fsp3) is 0.856. The molecule has 1 amide bonds. The van der Waals surface area contributed by atoms with E-state index < -0.39 is 124 Å². The van der Waals surface area contributed by atoms with Gasteiger partial charge in [-0.2, -0.15) is 0 Å². The van der Waals surface area contributed by atoms with Crippen LogP contribution in [0, 0.1) is 0 Å². The van der Waals surface area contributed by atoms with Gasteiger partial charge in [-0.25, -0.2) is 0 Å². The van der Waals surface area contributed by atoms with E-state index in [1.54, 1.807) is 6.08 Å². The van der Waals surface area contributed by atoms with E-state index in [9.17, 15) is 61.0 Å². The quantitative estimate of drug-likeness (QED) is 0.0199. The van der Waals surface area contributed by atoms with Gasteiger partial charge in [-0.15, -0.1) is 0 Å². The Morgan fingerprint density at radius 1 is 0.339 bits per heavy atom. The number of rotatable bonds is 72. The molecule has 0 spiro atoms. The average Bonchev–Trinajstić information content (AvgIpc) is 0.759. The summed E-state index contributed by atoms with van der Waals surface area (Å²) in [5, 5.41) is 121. The van der Waals surface area contributed by atoms with Crippen LogP contribution in [0.15, 0.2) is 72.9 Å². The van der Waals surface area contributed by atoms with Gasteiger partial charge in [0.05, 0.1) is 38.6 Å². The van der Waals surface area contributed by atoms with Crippen LogP contribution in [0.3, 0.4) is 0 Å². The average molecular weight is 1550 g/mol. The van der Waals surface area contributed by atoms with Gasteiger partial charge in [0.15, 0.2) is 18.9 Å². The molecule has 3 aliphatic heterocycles. The van der Waals surface area contributed by atoms with Gasteiger partial charge in [0.1, 0.15) is 73.2 Å². The van der Waals surface area contributed by atoms with Crippen LogP contribution in [0.4, 0.5) is 0 Å². The van der Waals surface area contributed by atoms with E-state index in [0.717, 1.165) is 77.0 Å². The van der Waals surface area contributed by atoms with Crippen LogP contribution in [-0.2, 0) is 33.2 Å². The molecule has 0 aliphatic carbocycles. The first kappa shape index (κ1) is 100. The Morgan fingerprint density at radius 2 is 0.633 bits per heavy atom. The van der Waals surface area contributed by atoms with E-state index in [4.69, 9.17) is 28.4 Å². The first-order chi connectivity index (χ1) is 53.3. The van der Waals surface area contributed by atoms with E-state index in [2.05, 4.69) is 79.9 Å². The zero-order valence-corrected chi connectivity index (χ0v) is 68.5. The Kier molecular flexibility index (Phi) is 64.1. The van der Waals surface area contributed by atoms with Crippen molar-refractivity contribution < 1.29 is 89.4 Å². The second-order valence-corrected chi connectivity index (χ2v) is 31.7. The summed E-state index contributed by atoms with van der Waals surface area (Å²) in [6, 6.07) is -0.975. The topological polar surface area (TPSA) is 307 Å². The largest absolute Gasteiger partial charge is 0.394 e. The molecular weight excluding hydrogens is 1380 g/mol. The molecule has 0 radical (unpaired) electrons. The molecule has 3 aliphatic rings. The lowest BCUT2D eigenvalue weighted by Gasteiger charge is -2.48. The smallest absolute Gasteiger partial charge is 0.220 e. The number of allylic oxidation sites excluding steroid dienone is 11. The Labute approximate surface area is 661 Å². The van der Waals surface area contributed by atoms with E-state index in [0.29, 0.717) is 6.42 Å². The van der Waals surface area contributed by atoms with E-state index >= 15 is 0 Å². The predicted molar refractivity (Wildman–Crippen MR) is 438 cm³/mol. The maximum absolute atomic E-state index is 13.5. The maximum Gasteiger partial charge on any atom is 0.220 e. The molecule has 19 heteroatoms. The Bertz CT molecular complexity index is 2250. The van der Waals surface area contributed by atoms with E-state index in [1.165, 1.54) is 257 Å². The van der Waals surface area contributed by atoms with Gasteiger partial charge in [0, 0.05) is 6.42 Å². The predicted octanol–water partition coefficient (Wildman–Crippen LogP) is 16.7. The van der Waals surface area contributed by atoms with Crippen molar-refractivity contribution in [3.8, 4) is 0 Å². The van der Waals surface area contributed by atoms with E-state index in [-0.39, 0.29) is 18.9 Å². The molecule has 3 heterocycles. The van der Waals surface area contributed by atoms with Crippen molar-refractivity contribution in [2.45, 2.75) is 465 Å². The number of amides is 1. The first-order valence-corrected chi connectivity index (χ1v) is 44.7. The van der Waals surface area contributed by atoms with Gasteiger partial charge in [0.25, 0.3) is 0 Å². The molecule has 19 nitrogen and oxygen atoms in total. The number of aliphatic hydroxyl groups is 11. The first-order valence-electron chi connectivity index (χ1n) is 44.7. The highest BCUT2D eigenvalue weighted by Gasteiger charge is 2.54. The molecule has 0 saturated carbocycles. The summed E-state index contributed by atoms with van der Waals surface area (Å²) in [4.78, 5) is 13.5. The molecular formula is C90H163NO18. The summed E-state index contributed by atoms with van der Waals surface area (Å²) in [5.74, 6) is -0.269. The number of hydrogen-bond acceptors (Lipinski definition) is 18. The third kappa shape index (κ3) is 48.4. The summed E-state index contributed by atoms with van der Waals surface area (Å²) in [6.07, 6.45) is 66.2. The summed E-state index contributed by atoms with van der Waals surface area (Å²) >= 11 is 0. The third-order valence-electron chi connectivity index (χ3n) is 22.0. The van der Waals surface area contributed by atoms with Crippen molar-refractivity contribution in [1.29, 1.82) is 0 Å². The van der Waals surface area contributed by atoms with Crippen LogP contribution >= 0.6 is 0 Å². The van der Waals surface area contributed by atoms with E-state index in [1.807, 2.05) is 6.08 Å². The second-order valence-electron chi connectivity index (χ2n) is 31.7.